The third-order valence-electron chi connectivity index (χ3n) is 7.93. The molecule has 1 aromatic heterocycles. The molecule has 7 nitrogen and oxygen atoms in total. The molecule has 2 aromatic rings. The van der Waals surface area contributed by atoms with Crippen LogP contribution in [0.4, 0.5) is 0 Å². The third-order valence-corrected chi connectivity index (χ3v) is 7.93. The monoisotopic (exact) mass is 577 g/mol. The molecule has 39 heavy (non-hydrogen) atoms. The van der Waals surface area contributed by atoms with Gasteiger partial charge >= 0.3 is 0 Å². The van der Waals surface area contributed by atoms with Crippen LogP contribution < -0.4 is 5.32 Å². The molecule has 1 aromatic carbocycles. The Hall–Kier alpha value is -2.35. The van der Waals surface area contributed by atoms with Gasteiger partial charge in [0.05, 0.1) is 11.4 Å². The van der Waals surface area contributed by atoms with Crippen molar-refractivity contribution in [3.63, 3.8) is 0 Å². The maximum Gasteiger partial charge on any atom is 0.246 e. The Balaban J connectivity index is 0.00000267. The Labute approximate surface area is 246 Å². The number of halogens is 2. The van der Waals surface area contributed by atoms with E-state index in [1.807, 2.05) is 34.7 Å². The zero-order valence-corrected chi connectivity index (χ0v) is 25.6. The number of amides is 2. The van der Waals surface area contributed by atoms with Crippen LogP contribution in [0.1, 0.15) is 69.8 Å². The molecule has 0 radical (unpaired) electrons. The van der Waals surface area contributed by atoms with E-state index in [0.29, 0.717) is 31.7 Å². The number of rotatable bonds is 9. The molecule has 2 aliphatic rings. The van der Waals surface area contributed by atoms with E-state index in [1.54, 1.807) is 0 Å². The van der Waals surface area contributed by atoms with E-state index in [1.165, 1.54) is 0 Å². The Bertz CT molecular complexity index is 1120. The number of hydrogen-bond donors (Lipinski definition) is 1. The molecule has 4 rings (SSSR count). The number of nitrogens with one attached hydrogen (secondary N) is 1. The van der Waals surface area contributed by atoms with E-state index in [9.17, 15) is 9.59 Å². The average molecular weight is 579 g/mol. The summed E-state index contributed by atoms with van der Waals surface area (Å²) in [7, 11) is 0. The van der Waals surface area contributed by atoms with Crippen molar-refractivity contribution >= 4 is 42.7 Å². The van der Waals surface area contributed by atoms with Crippen molar-refractivity contribution < 1.29 is 9.59 Å². The van der Waals surface area contributed by atoms with Crippen molar-refractivity contribution in [2.75, 3.05) is 26.2 Å². The van der Waals surface area contributed by atoms with Gasteiger partial charge < -0.3 is 10.2 Å². The minimum absolute atomic E-state index is 0. The Morgan fingerprint density at radius 1 is 1.10 bits per heavy atom. The lowest BCUT2D eigenvalue weighted by atomic mass is 9.80. The predicted octanol–water partition coefficient (Wildman–Crippen LogP) is 5.35. The van der Waals surface area contributed by atoms with Crippen LogP contribution in [0.5, 0.6) is 0 Å². The highest BCUT2D eigenvalue weighted by atomic mass is 35.5. The maximum atomic E-state index is 13.4. The SMILES string of the molecule is CCCCN1C(=O)[C@H](CC(C)C)NC(=O)C12CCN(C/C=C/c1c(C)nn(-c3ccccc3)c1C)CC2.Cl.Cl. The fourth-order valence-corrected chi connectivity index (χ4v) is 5.79. The molecule has 2 saturated heterocycles. The van der Waals surface area contributed by atoms with Crippen molar-refractivity contribution in [1.82, 2.24) is 24.9 Å². The molecule has 0 bridgehead atoms. The van der Waals surface area contributed by atoms with E-state index in [0.717, 1.165) is 55.1 Å². The van der Waals surface area contributed by atoms with Gasteiger partial charge in [0, 0.05) is 37.4 Å². The molecular formula is C30H45Cl2N5O2. The van der Waals surface area contributed by atoms with Crippen molar-refractivity contribution in [2.24, 2.45) is 5.92 Å². The first kappa shape index (κ1) is 32.9. The first-order chi connectivity index (χ1) is 17.8. The number of aryl methyl sites for hydroxylation is 1. The van der Waals surface area contributed by atoms with Crippen molar-refractivity contribution in [1.29, 1.82) is 0 Å². The van der Waals surface area contributed by atoms with Crippen LogP contribution in [0.25, 0.3) is 11.8 Å². The summed E-state index contributed by atoms with van der Waals surface area (Å²) in [5.74, 6) is 0.511. The number of hydrogen-bond acceptors (Lipinski definition) is 4. The summed E-state index contributed by atoms with van der Waals surface area (Å²) in [6.07, 6.45) is 8.36. The molecule has 0 unspecified atom stereocenters. The smallest absolute Gasteiger partial charge is 0.246 e. The summed E-state index contributed by atoms with van der Waals surface area (Å²) >= 11 is 0. The summed E-state index contributed by atoms with van der Waals surface area (Å²) in [6.45, 7) is 13.6. The van der Waals surface area contributed by atoms with Crippen LogP contribution >= 0.6 is 24.8 Å². The van der Waals surface area contributed by atoms with Crippen LogP contribution in [0.2, 0.25) is 0 Å². The molecule has 1 atom stereocenters. The summed E-state index contributed by atoms with van der Waals surface area (Å²) in [6, 6.07) is 9.81. The molecule has 0 aliphatic carbocycles. The van der Waals surface area contributed by atoms with Gasteiger partial charge in [0.15, 0.2) is 0 Å². The van der Waals surface area contributed by atoms with E-state index in [2.05, 4.69) is 62.2 Å². The van der Waals surface area contributed by atoms with Gasteiger partial charge in [0.1, 0.15) is 11.6 Å². The number of para-hydroxylation sites is 1. The number of piperazine rings is 1. The van der Waals surface area contributed by atoms with Crippen molar-refractivity contribution in [3.05, 3.63) is 53.4 Å². The van der Waals surface area contributed by atoms with Crippen LogP contribution in [0.3, 0.4) is 0 Å². The molecule has 2 aliphatic heterocycles. The third kappa shape index (κ3) is 7.05. The Morgan fingerprint density at radius 2 is 1.77 bits per heavy atom. The highest BCUT2D eigenvalue weighted by molar-refractivity contribution is 6.00. The Morgan fingerprint density at radius 3 is 2.38 bits per heavy atom. The highest BCUT2D eigenvalue weighted by Gasteiger charge is 2.53. The average Bonchev–Trinajstić information content (AvgIpc) is 3.17. The first-order valence-electron chi connectivity index (χ1n) is 13.9. The van der Waals surface area contributed by atoms with Gasteiger partial charge in [-0.25, -0.2) is 4.68 Å². The summed E-state index contributed by atoms with van der Waals surface area (Å²) in [5.41, 5.74) is 3.64. The molecule has 3 heterocycles. The van der Waals surface area contributed by atoms with Crippen LogP contribution in [0.15, 0.2) is 36.4 Å². The van der Waals surface area contributed by atoms with E-state index in [4.69, 9.17) is 5.10 Å². The van der Waals surface area contributed by atoms with Crippen LogP contribution in [-0.4, -0.2) is 69.2 Å². The van der Waals surface area contributed by atoms with E-state index >= 15 is 0 Å². The largest absolute Gasteiger partial charge is 0.342 e. The Kier molecular flexibility index (Phi) is 12.1. The zero-order valence-electron chi connectivity index (χ0n) is 24.0. The van der Waals surface area contributed by atoms with Crippen LogP contribution in [-0.2, 0) is 9.59 Å². The van der Waals surface area contributed by atoms with E-state index in [-0.39, 0.29) is 42.7 Å². The van der Waals surface area contributed by atoms with Gasteiger partial charge in [0.2, 0.25) is 11.8 Å². The molecule has 1 N–H and O–H groups in total. The molecule has 1 spiro atoms. The maximum absolute atomic E-state index is 13.4. The minimum Gasteiger partial charge on any atom is -0.342 e. The zero-order chi connectivity index (χ0) is 26.6. The minimum atomic E-state index is -0.704. The molecule has 216 valence electrons. The number of likely N-dealkylation sites (tertiary alicyclic amines) is 1. The number of benzene rings is 1. The number of aromatic nitrogens is 2. The lowest BCUT2D eigenvalue weighted by molar-refractivity contribution is -0.161. The van der Waals surface area contributed by atoms with Crippen LogP contribution in [0, 0.1) is 19.8 Å². The number of unbranched alkanes of at least 4 members (excludes halogenated alkanes) is 1. The first-order valence-corrected chi connectivity index (χ1v) is 13.9. The van der Waals surface area contributed by atoms with Gasteiger partial charge in [-0.15, -0.1) is 24.8 Å². The van der Waals surface area contributed by atoms with E-state index < -0.39 is 5.54 Å². The van der Waals surface area contributed by atoms with Crippen molar-refractivity contribution in [3.8, 4) is 5.69 Å². The van der Waals surface area contributed by atoms with Gasteiger partial charge in [0.25, 0.3) is 0 Å². The molecule has 2 amide bonds. The lowest BCUT2D eigenvalue weighted by Crippen LogP contribution is -2.73. The number of piperidine rings is 1. The summed E-state index contributed by atoms with van der Waals surface area (Å²) in [4.78, 5) is 31.2. The topological polar surface area (TPSA) is 70.5 Å². The number of nitrogens with zero attached hydrogens (tertiary/aromatic N) is 4. The number of carbonyl (C=O) groups is 2. The second-order valence-electron chi connectivity index (χ2n) is 11.1. The molecular weight excluding hydrogens is 533 g/mol. The second-order valence-corrected chi connectivity index (χ2v) is 11.1. The molecule has 9 heteroatoms. The number of carbonyl (C=O) groups excluding carboxylic acids is 2. The lowest BCUT2D eigenvalue weighted by Gasteiger charge is -2.51. The van der Waals surface area contributed by atoms with Crippen molar-refractivity contribution in [2.45, 2.75) is 78.3 Å². The van der Waals surface area contributed by atoms with Gasteiger partial charge in [-0.1, -0.05) is 57.5 Å². The molecule has 0 saturated carbocycles. The summed E-state index contributed by atoms with van der Waals surface area (Å²) < 4.78 is 2.00. The van der Waals surface area contributed by atoms with Gasteiger partial charge in [-0.2, -0.15) is 5.10 Å². The highest BCUT2D eigenvalue weighted by Crippen LogP contribution is 2.34. The fourth-order valence-electron chi connectivity index (χ4n) is 5.79. The second kappa shape index (κ2) is 14.3. The fraction of sp³-hybridized carbons (Fsp3) is 0.567. The van der Waals surface area contributed by atoms with Gasteiger partial charge in [-0.05, 0) is 57.6 Å². The summed E-state index contributed by atoms with van der Waals surface area (Å²) in [5, 5.41) is 7.85. The normalized spacial score (nSPS) is 19.3. The standard InChI is InChI=1S/C30H43N5O2.2ClH/c1-6-7-18-34-28(36)27(21-22(2)3)31-29(37)30(34)15-19-33(20-16-30)17-11-14-26-23(4)32-35(24(26)5)25-12-9-8-10-13-25;;/h8-14,22,27H,6-7,15-21H2,1-5H3,(H,31,37);2*1H/b14-11+;;/t27-;;/m0../s1. The predicted molar refractivity (Wildman–Crippen MR) is 163 cm³/mol. The molecule has 2 fully saturated rings. The quantitative estimate of drug-likeness (QED) is 0.436. The van der Waals surface area contributed by atoms with Gasteiger partial charge in [-0.3, -0.25) is 14.5 Å².